The first kappa shape index (κ1) is 23.2. The molecule has 1 fully saturated rings. The summed E-state index contributed by atoms with van der Waals surface area (Å²) in [4.78, 5) is 15.3. The van der Waals surface area contributed by atoms with Gasteiger partial charge in [-0.15, -0.1) is 10.2 Å². The molecule has 0 saturated carbocycles. The largest absolute Gasteiger partial charge is 0.495 e. The lowest BCUT2D eigenvalue weighted by Crippen LogP contribution is -2.33. The Morgan fingerprint density at radius 3 is 2.52 bits per heavy atom. The van der Waals surface area contributed by atoms with E-state index in [4.69, 9.17) is 4.74 Å². The molecule has 1 aliphatic rings. The number of rotatable bonds is 9. The van der Waals surface area contributed by atoms with Gasteiger partial charge in [-0.3, -0.25) is 9.36 Å². The van der Waals surface area contributed by atoms with Crippen LogP contribution in [0.5, 0.6) is 5.75 Å². The molecular weight excluding hydrogens is 434 g/mol. The Balaban J connectivity index is 1.60. The number of para-hydroxylation sites is 2. The monoisotopic (exact) mass is 465 g/mol. The molecule has 1 N–H and O–H groups in total. The summed E-state index contributed by atoms with van der Waals surface area (Å²) in [5, 5.41) is 12.6. The van der Waals surface area contributed by atoms with E-state index in [1.165, 1.54) is 18.2 Å². The Bertz CT molecular complexity index is 1050. The Morgan fingerprint density at radius 2 is 1.79 bits per heavy atom. The highest BCUT2D eigenvalue weighted by Gasteiger charge is 2.27. The molecule has 8 heteroatoms. The van der Waals surface area contributed by atoms with E-state index in [1.54, 1.807) is 7.11 Å². The summed E-state index contributed by atoms with van der Waals surface area (Å²) in [6.07, 6.45) is 4.20. The molecule has 1 saturated heterocycles. The molecule has 3 aromatic rings. The minimum absolute atomic E-state index is 0.000419. The van der Waals surface area contributed by atoms with Crippen molar-refractivity contribution >= 4 is 23.6 Å². The first-order valence-electron chi connectivity index (χ1n) is 11.5. The van der Waals surface area contributed by atoms with Crippen LogP contribution in [0.4, 0.5) is 5.95 Å². The number of methoxy groups -OCH3 is 1. The maximum atomic E-state index is 13.0. The summed E-state index contributed by atoms with van der Waals surface area (Å²) in [5.74, 6) is 1.56. The third-order valence-electron chi connectivity index (χ3n) is 5.80. The van der Waals surface area contributed by atoms with E-state index in [1.807, 2.05) is 66.1 Å². The highest BCUT2D eigenvalue weighted by molar-refractivity contribution is 8.00. The van der Waals surface area contributed by atoms with Crippen molar-refractivity contribution in [1.29, 1.82) is 0 Å². The summed E-state index contributed by atoms with van der Waals surface area (Å²) < 4.78 is 7.69. The number of nitrogens with one attached hydrogen (secondary N) is 1. The van der Waals surface area contributed by atoms with Crippen LogP contribution in [0.15, 0.2) is 59.8 Å². The molecule has 1 unspecified atom stereocenters. The number of carbonyl (C=O) groups excluding carboxylic acids is 1. The van der Waals surface area contributed by atoms with Crippen LogP contribution >= 0.6 is 11.8 Å². The molecular formula is C25H31N5O2S. The summed E-state index contributed by atoms with van der Waals surface area (Å²) >= 11 is 1.45. The highest BCUT2D eigenvalue weighted by atomic mass is 32.2. The molecule has 4 rings (SSSR count). The van der Waals surface area contributed by atoms with Gasteiger partial charge in [0.2, 0.25) is 11.9 Å². The third-order valence-corrected chi connectivity index (χ3v) is 7.11. The lowest BCUT2D eigenvalue weighted by atomic mass is 10.1. The molecule has 1 aromatic heterocycles. The van der Waals surface area contributed by atoms with Gasteiger partial charge in [0.15, 0.2) is 5.16 Å². The third kappa shape index (κ3) is 5.50. The molecule has 0 radical (unpaired) electrons. The van der Waals surface area contributed by atoms with Gasteiger partial charge < -0.3 is 15.0 Å². The van der Waals surface area contributed by atoms with Crippen molar-refractivity contribution < 1.29 is 9.53 Å². The van der Waals surface area contributed by atoms with Gasteiger partial charge in [0.05, 0.1) is 18.0 Å². The van der Waals surface area contributed by atoms with Crippen LogP contribution < -0.4 is 15.0 Å². The highest BCUT2D eigenvalue weighted by Crippen LogP contribution is 2.34. The Morgan fingerprint density at radius 1 is 1.06 bits per heavy atom. The summed E-state index contributed by atoms with van der Waals surface area (Å²) in [6.45, 7) is 4.43. The van der Waals surface area contributed by atoms with Crippen LogP contribution in [0, 0.1) is 0 Å². The second-order valence-corrected chi connectivity index (χ2v) is 9.23. The number of carbonyl (C=O) groups is 1. The van der Waals surface area contributed by atoms with Gasteiger partial charge in [0.1, 0.15) is 5.75 Å². The SMILES string of the molecule is CCC(Sc1nnc(N2CCCCC2)n1-c1ccccc1OC)C(=O)NCc1ccccc1. The molecule has 2 heterocycles. The fourth-order valence-electron chi connectivity index (χ4n) is 4.01. The zero-order chi connectivity index (χ0) is 23.0. The lowest BCUT2D eigenvalue weighted by molar-refractivity contribution is -0.120. The molecule has 2 aromatic carbocycles. The predicted octanol–water partition coefficient (Wildman–Crippen LogP) is 4.45. The van der Waals surface area contributed by atoms with Gasteiger partial charge in [-0.1, -0.05) is 61.2 Å². The molecule has 0 spiro atoms. The Labute approximate surface area is 199 Å². The van der Waals surface area contributed by atoms with Crippen LogP contribution in [0.2, 0.25) is 0 Å². The van der Waals surface area contributed by atoms with Crippen molar-refractivity contribution in [3.8, 4) is 11.4 Å². The van der Waals surface area contributed by atoms with Crippen LogP contribution in [0.25, 0.3) is 5.69 Å². The number of piperidine rings is 1. The van der Waals surface area contributed by atoms with E-state index in [0.717, 1.165) is 48.9 Å². The lowest BCUT2D eigenvalue weighted by Gasteiger charge is -2.28. The number of hydrogen-bond acceptors (Lipinski definition) is 6. The molecule has 0 bridgehead atoms. The quantitative estimate of drug-likeness (QED) is 0.471. The van der Waals surface area contributed by atoms with Crippen LogP contribution in [-0.4, -0.2) is 46.1 Å². The smallest absolute Gasteiger partial charge is 0.233 e. The molecule has 174 valence electrons. The second kappa shape index (κ2) is 11.2. The Hall–Kier alpha value is -3.00. The number of thioether (sulfide) groups is 1. The normalized spacial score (nSPS) is 14.7. The predicted molar refractivity (Wildman–Crippen MR) is 132 cm³/mol. The summed E-state index contributed by atoms with van der Waals surface area (Å²) in [5.41, 5.74) is 1.96. The molecule has 1 amide bonds. The molecule has 1 aliphatic heterocycles. The maximum absolute atomic E-state index is 13.0. The molecule has 0 aliphatic carbocycles. The van der Waals surface area contributed by atoms with Crippen molar-refractivity contribution in [2.45, 2.75) is 49.6 Å². The van der Waals surface area contributed by atoms with Crippen molar-refractivity contribution in [3.05, 3.63) is 60.2 Å². The summed E-state index contributed by atoms with van der Waals surface area (Å²) in [6, 6.07) is 17.8. The number of amides is 1. The standard InChI is InChI=1S/C25H31N5O2S/c1-3-22(23(31)26-18-19-12-6-4-7-13-19)33-25-28-27-24(29-16-10-5-11-17-29)30(25)20-14-8-9-15-21(20)32-2/h4,6-9,12-15,22H,3,5,10-11,16-18H2,1-2H3,(H,26,31). The molecule has 33 heavy (non-hydrogen) atoms. The van der Waals surface area contributed by atoms with Gasteiger partial charge >= 0.3 is 0 Å². The van der Waals surface area contributed by atoms with Gasteiger partial charge in [0, 0.05) is 19.6 Å². The number of anilines is 1. The van der Waals surface area contributed by atoms with Crippen LogP contribution in [-0.2, 0) is 11.3 Å². The number of aromatic nitrogens is 3. The van der Waals surface area contributed by atoms with Gasteiger partial charge in [0.25, 0.3) is 0 Å². The zero-order valence-corrected chi connectivity index (χ0v) is 20.1. The first-order chi connectivity index (χ1) is 16.2. The number of hydrogen-bond donors (Lipinski definition) is 1. The van der Waals surface area contributed by atoms with E-state index in [-0.39, 0.29) is 11.2 Å². The van der Waals surface area contributed by atoms with E-state index >= 15 is 0 Å². The van der Waals surface area contributed by atoms with Gasteiger partial charge in [-0.05, 0) is 43.4 Å². The minimum atomic E-state index is -0.277. The van der Waals surface area contributed by atoms with Crippen molar-refractivity contribution in [1.82, 2.24) is 20.1 Å². The van der Waals surface area contributed by atoms with Gasteiger partial charge in [-0.25, -0.2) is 0 Å². The molecule has 7 nitrogen and oxygen atoms in total. The van der Waals surface area contributed by atoms with Crippen LogP contribution in [0.3, 0.4) is 0 Å². The molecule has 1 atom stereocenters. The van der Waals surface area contributed by atoms with Crippen molar-refractivity contribution in [3.63, 3.8) is 0 Å². The number of nitrogens with zero attached hydrogens (tertiary/aromatic N) is 4. The van der Waals surface area contributed by atoms with Crippen LogP contribution in [0.1, 0.15) is 38.2 Å². The van der Waals surface area contributed by atoms with E-state index in [9.17, 15) is 4.79 Å². The van der Waals surface area contributed by atoms with E-state index in [0.29, 0.717) is 18.1 Å². The number of benzene rings is 2. The van der Waals surface area contributed by atoms with E-state index in [2.05, 4.69) is 20.4 Å². The first-order valence-corrected chi connectivity index (χ1v) is 12.4. The van der Waals surface area contributed by atoms with Crippen molar-refractivity contribution in [2.75, 3.05) is 25.1 Å². The zero-order valence-electron chi connectivity index (χ0n) is 19.2. The van der Waals surface area contributed by atoms with E-state index < -0.39 is 0 Å². The van der Waals surface area contributed by atoms with Crippen molar-refractivity contribution in [2.24, 2.45) is 0 Å². The van der Waals surface area contributed by atoms with Gasteiger partial charge in [-0.2, -0.15) is 0 Å². The Kier molecular flexibility index (Phi) is 7.88. The second-order valence-electron chi connectivity index (χ2n) is 8.06. The number of ether oxygens (including phenoxy) is 1. The summed E-state index contributed by atoms with van der Waals surface area (Å²) in [7, 11) is 1.67. The minimum Gasteiger partial charge on any atom is -0.495 e. The maximum Gasteiger partial charge on any atom is 0.233 e. The topological polar surface area (TPSA) is 72.3 Å². The average molecular weight is 466 g/mol. The average Bonchev–Trinajstić information content (AvgIpc) is 3.30. The fraction of sp³-hybridized carbons (Fsp3) is 0.400. The fourth-order valence-corrected chi connectivity index (χ4v) is 5.00.